The third kappa shape index (κ3) is 3.65. The molecule has 0 bridgehead atoms. The number of rotatable bonds is 5. The monoisotopic (exact) mass is 369 g/mol. The van der Waals surface area contributed by atoms with Gasteiger partial charge in [0.2, 0.25) is 0 Å². The lowest BCUT2D eigenvalue weighted by atomic mass is 10.1. The number of nitrogens with zero attached hydrogens (tertiary/aromatic N) is 2. The van der Waals surface area contributed by atoms with Crippen LogP contribution in [0.15, 0.2) is 53.4 Å². The summed E-state index contributed by atoms with van der Waals surface area (Å²) in [4.78, 5) is 0.259. The number of anilines is 1. The van der Waals surface area contributed by atoms with E-state index in [1.54, 1.807) is 12.1 Å². The van der Waals surface area contributed by atoms with Crippen molar-refractivity contribution in [3.8, 4) is 0 Å². The third-order valence-electron chi connectivity index (χ3n) is 4.58. The van der Waals surface area contributed by atoms with E-state index in [0.717, 1.165) is 22.4 Å². The highest BCUT2D eigenvalue weighted by atomic mass is 32.2. The van der Waals surface area contributed by atoms with Gasteiger partial charge < -0.3 is 0 Å². The number of aromatic nitrogens is 2. The van der Waals surface area contributed by atoms with Crippen LogP contribution in [0.2, 0.25) is 0 Å². The first kappa shape index (κ1) is 18.2. The van der Waals surface area contributed by atoms with E-state index in [9.17, 15) is 8.42 Å². The molecule has 0 saturated heterocycles. The van der Waals surface area contributed by atoms with Crippen LogP contribution in [0.5, 0.6) is 0 Å². The molecule has 0 unspecified atom stereocenters. The fourth-order valence-electron chi connectivity index (χ4n) is 2.83. The van der Waals surface area contributed by atoms with Crippen molar-refractivity contribution in [2.75, 3.05) is 4.72 Å². The van der Waals surface area contributed by atoms with Crippen molar-refractivity contribution in [2.45, 2.75) is 39.1 Å². The van der Waals surface area contributed by atoms with E-state index < -0.39 is 10.0 Å². The Hall–Kier alpha value is -2.60. The molecular formula is C20H23N3O2S. The van der Waals surface area contributed by atoms with Gasteiger partial charge in [0.05, 0.1) is 28.5 Å². The molecule has 2 aromatic carbocycles. The highest BCUT2D eigenvalue weighted by molar-refractivity contribution is 7.92. The second-order valence-electron chi connectivity index (χ2n) is 6.54. The highest BCUT2D eigenvalue weighted by Crippen LogP contribution is 2.25. The van der Waals surface area contributed by atoms with Crippen LogP contribution in [0, 0.1) is 27.7 Å². The molecule has 0 fully saturated rings. The summed E-state index contributed by atoms with van der Waals surface area (Å²) in [6, 6.07) is 15.1. The summed E-state index contributed by atoms with van der Waals surface area (Å²) in [6.07, 6.45) is 0. The van der Waals surface area contributed by atoms with E-state index in [1.165, 1.54) is 0 Å². The normalized spacial score (nSPS) is 11.5. The number of hydrogen-bond donors (Lipinski definition) is 1. The van der Waals surface area contributed by atoms with Crippen LogP contribution in [0.1, 0.15) is 28.1 Å². The molecule has 3 rings (SSSR count). The van der Waals surface area contributed by atoms with Crippen molar-refractivity contribution in [3.05, 3.63) is 76.6 Å². The molecule has 0 atom stereocenters. The summed E-state index contributed by atoms with van der Waals surface area (Å²) in [5.74, 6) is 0. The standard InChI is InChI=1S/C20H23N3O2S/c1-14-10-11-19(12-15(14)2)26(24,25)22-20-16(3)21-23(17(20)4)13-18-8-6-5-7-9-18/h5-12,22H,13H2,1-4H3. The zero-order valence-corrected chi connectivity index (χ0v) is 16.3. The number of hydrogen-bond acceptors (Lipinski definition) is 3. The number of aryl methyl sites for hydroxylation is 3. The predicted octanol–water partition coefficient (Wildman–Crippen LogP) is 3.97. The molecule has 0 aliphatic rings. The second kappa shape index (κ2) is 6.96. The second-order valence-corrected chi connectivity index (χ2v) is 8.22. The molecule has 0 amide bonds. The summed E-state index contributed by atoms with van der Waals surface area (Å²) in [5, 5.41) is 4.50. The van der Waals surface area contributed by atoms with Gasteiger partial charge in [0.25, 0.3) is 10.0 Å². The van der Waals surface area contributed by atoms with E-state index in [4.69, 9.17) is 0 Å². The van der Waals surface area contributed by atoms with E-state index in [-0.39, 0.29) is 4.90 Å². The molecule has 1 N–H and O–H groups in total. The van der Waals surface area contributed by atoms with Gasteiger partial charge in [-0.25, -0.2) is 8.42 Å². The first-order valence-corrected chi connectivity index (χ1v) is 9.94. The Labute approximate surface area is 154 Å². The Morgan fingerprint density at radius 3 is 2.31 bits per heavy atom. The van der Waals surface area contributed by atoms with Crippen LogP contribution in [-0.4, -0.2) is 18.2 Å². The lowest BCUT2D eigenvalue weighted by Crippen LogP contribution is -2.14. The molecule has 0 aliphatic carbocycles. The minimum Gasteiger partial charge on any atom is -0.276 e. The Balaban J connectivity index is 1.91. The summed E-state index contributed by atoms with van der Waals surface area (Å²) >= 11 is 0. The van der Waals surface area contributed by atoms with Crippen molar-refractivity contribution in [3.63, 3.8) is 0 Å². The van der Waals surface area contributed by atoms with Crippen molar-refractivity contribution in [1.29, 1.82) is 0 Å². The summed E-state index contributed by atoms with van der Waals surface area (Å²) in [5.41, 5.74) is 5.11. The molecule has 136 valence electrons. The minimum absolute atomic E-state index is 0.259. The highest BCUT2D eigenvalue weighted by Gasteiger charge is 2.20. The molecule has 1 aromatic heterocycles. The SMILES string of the molecule is Cc1ccc(S(=O)(=O)Nc2c(C)nn(Cc3ccccc3)c2C)cc1C. The van der Waals surface area contributed by atoms with Crippen molar-refractivity contribution < 1.29 is 8.42 Å². The van der Waals surface area contributed by atoms with Crippen LogP contribution in [-0.2, 0) is 16.6 Å². The van der Waals surface area contributed by atoms with Gasteiger partial charge in [-0.3, -0.25) is 9.40 Å². The maximum atomic E-state index is 12.8. The fraction of sp³-hybridized carbons (Fsp3) is 0.250. The third-order valence-corrected chi connectivity index (χ3v) is 5.93. The Kier molecular flexibility index (Phi) is 4.87. The Morgan fingerprint density at radius 2 is 1.65 bits per heavy atom. The van der Waals surface area contributed by atoms with Crippen LogP contribution >= 0.6 is 0 Å². The van der Waals surface area contributed by atoms with Crippen molar-refractivity contribution >= 4 is 15.7 Å². The lowest BCUT2D eigenvalue weighted by molar-refractivity contribution is 0.601. The molecule has 6 heteroatoms. The summed E-state index contributed by atoms with van der Waals surface area (Å²) in [6.45, 7) is 8.15. The quantitative estimate of drug-likeness (QED) is 0.740. The average molecular weight is 369 g/mol. The zero-order chi connectivity index (χ0) is 18.9. The molecular weight excluding hydrogens is 346 g/mol. The van der Waals surface area contributed by atoms with Crippen molar-refractivity contribution in [2.24, 2.45) is 0 Å². The zero-order valence-electron chi connectivity index (χ0n) is 15.4. The van der Waals surface area contributed by atoms with Gasteiger partial charge in [0.15, 0.2) is 0 Å². The van der Waals surface area contributed by atoms with Crippen LogP contribution in [0.3, 0.4) is 0 Å². The number of benzene rings is 2. The summed E-state index contributed by atoms with van der Waals surface area (Å²) in [7, 11) is -3.66. The summed E-state index contributed by atoms with van der Waals surface area (Å²) < 4.78 is 30.1. The van der Waals surface area contributed by atoms with Gasteiger partial charge >= 0.3 is 0 Å². The molecule has 3 aromatic rings. The van der Waals surface area contributed by atoms with Crippen molar-refractivity contribution in [1.82, 2.24) is 9.78 Å². The minimum atomic E-state index is -3.66. The maximum absolute atomic E-state index is 12.8. The fourth-order valence-corrected chi connectivity index (χ4v) is 4.09. The van der Waals surface area contributed by atoms with Crippen LogP contribution in [0.25, 0.3) is 0 Å². The maximum Gasteiger partial charge on any atom is 0.262 e. The Bertz CT molecular complexity index is 1040. The molecule has 0 aliphatic heterocycles. The van der Waals surface area contributed by atoms with E-state index in [1.807, 2.05) is 68.8 Å². The van der Waals surface area contributed by atoms with Gasteiger partial charge in [0.1, 0.15) is 0 Å². The van der Waals surface area contributed by atoms with Gasteiger partial charge in [-0.2, -0.15) is 5.10 Å². The Morgan fingerprint density at radius 1 is 0.962 bits per heavy atom. The molecule has 26 heavy (non-hydrogen) atoms. The first-order valence-electron chi connectivity index (χ1n) is 8.46. The topological polar surface area (TPSA) is 64.0 Å². The van der Waals surface area contributed by atoms with E-state index >= 15 is 0 Å². The molecule has 0 spiro atoms. The van der Waals surface area contributed by atoms with Crippen LogP contribution < -0.4 is 4.72 Å². The predicted molar refractivity (Wildman–Crippen MR) is 104 cm³/mol. The molecule has 1 heterocycles. The van der Waals surface area contributed by atoms with Gasteiger partial charge in [-0.05, 0) is 56.5 Å². The lowest BCUT2D eigenvalue weighted by Gasteiger charge is -2.10. The van der Waals surface area contributed by atoms with Gasteiger partial charge in [-0.15, -0.1) is 0 Å². The number of sulfonamides is 1. The molecule has 5 nitrogen and oxygen atoms in total. The number of nitrogens with one attached hydrogen (secondary N) is 1. The van der Waals surface area contributed by atoms with E-state index in [2.05, 4.69) is 9.82 Å². The largest absolute Gasteiger partial charge is 0.276 e. The van der Waals surface area contributed by atoms with Gasteiger partial charge in [0, 0.05) is 0 Å². The molecule has 0 saturated carbocycles. The van der Waals surface area contributed by atoms with Gasteiger partial charge in [-0.1, -0.05) is 36.4 Å². The molecule has 0 radical (unpaired) electrons. The van der Waals surface area contributed by atoms with Crippen LogP contribution in [0.4, 0.5) is 5.69 Å². The van der Waals surface area contributed by atoms with E-state index in [0.29, 0.717) is 17.9 Å². The average Bonchev–Trinajstić information content (AvgIpc) is 2.85. The smallest absolute Gasteiger partial charge is 0.262 e. The first-order chi connectivity index (χ1) is 12.3.